The minimum Gasteiger partial charge on any atom is -0.309 e. The van der Waals surface area contributed by atoms with Gasteiger partial charge < -0.3 is 5.32 Å². The van der Waals surface area contributed by atoms with E-state index in [1.54, 1.807) is 0 Å². The van der Waals surface area contributed by atoms with Crippen molar-refractivity contribution in [2.45, 2.75) is 26.3 Å². The molecule has 1 rings (SSSR count). The van der Waals surface area contributed by atoms with Gasteiger partial charge in [-0.3, -0.25) is 4.21 Å². The summed E-state index contributed by atoms with van der Waals surface area (Å²) in [7, 11) is -0.715. The van der Waals surface area contributed by atoms with Gasteiger partial charge in [-0.2, -0.15) is 0 Å². The van der Waals surface area contributed by atoms with Gasteiger partial charge >= 0.3 is 0 Å². The van der Waals surface area contributed by atoms with Crippen LogP contribution < -0.4 is 5.32 Å². The highest BCUT2D eigenvalue weighted by atomic mass is 32.2. The Morgan fingerprint density at radius 1 is 1.25 bits per heavy atom. The van der Waals surface area contributed by atoms with Crippen LogP contribution in [0.15, 0.2) is 30.3 Å². The molecule has 0 saturated carbocycles. The average molecular weight is 239 g/mol. The molecule has 0 bridgehead atoms. The van der Waals surface area contributed by atoms with Crippen molar-refractivity contribution in [3.63, 3.8) is 0 Å². The van der Waals surface area contributed by atoms with Gasteiger partial charge in [0, 0.05) is 28.3 Å². The molecule has 2 nitrogen and oxygen atoms in total. The minimum absolute atomic E-state index is 0.221. The van der Waals surface area contributed by atoms with E-state index in [0.717, 1.165) is 18.7 Å². The summed E-state index contributed by atoms with van der Waals surface area (Å²) in [6.45, 7) is 5.06. The summed E-state index contributed by atoms with van der Waals surface area (Å²) in [4.78, 5) is 0. The Hall–Kier alpha value is -0.670. The third-order valence-corrected chi connectivity index (χ3v) is 4.01. The monoisotopic (exact) mass is 239 g/mol. The largest absolute Gasteiger partial charge is 0.309 e. The predicted octanol–water partition coefficient (Wildman–Crippen LogP) is 2.50. The van der Waals surface area contributed by atoms with Gasteiger partial charge in [-0.15, -0.1) is 0 Å². The van der Waals surface area contributed by atoms with Crippen molar-refractivity contribution >= 4 is 10.8 Å². The summed E-state index contributed by atoms with van der Waals surface area (Å²) in [5.74, 6) is 1.51. The Morgan fingerprint density at radius 3 is 2.50 bits per heavy atom. The maximum Gasteiger partial charge on any atom is 0.0436 e. The molecule has 0 aromatic heterocycles. The third-order valence-electron chi connectivity index (χ3n) is 2.44. The molecule has 0 fully saturated rings. The molecule has 90 valence electrons. The van der Waals surface area contributed by atoms with E-state index in [0.29, 0.717) is 5.75 Å². The molecule has 0 spiro atoms. The fourth-order valence-corrected chi connectivity index (χ4v) is 3.01. The van der Waals surface area contributed by atoms with Crippen molar-refractivity contribution < 1.29 is 4.21 Å². The number of rotatable bonds is 7. The molecule has 16 heavy (non-hydrogen) atoms. The van der Waals surface area contributed by atoms with Gasteiger partial charge in [0.15, 0.2) is 0 Å². The number of nitrogens with one attached hydrogen (secondary N) is 1. The van der Waals surface area contributed by atoms with E-state index < -0.39 is 10.8 Å². The molecule has 0 saturated heterocycles. The first kappa shape index (κ1) is 13.4. The summed E-state index contributed by atoms with van der Waals surface area (Å²) in [5, 5.41) is 3.40. The molecule has 0 radical (unpaired) electrons. The van der Waals surface area contributed by atoms with Gasteiger partial charge in [0.1, 0.15) is 0 Å². The number of hydrogen-bond donors (Lipinski definition) is 1. The van der Waals surface area contributed by atoms with Crippen LogP contribution in [-0.2, 0) is 10.8 Å². The van der Waals surface area contributed by atoms with E-state index in [-0.39, 0.29) is 6.04 Å². The SMILES string of the molecule is CCCS(=O)CC(NCC)c1ccccc1. The van der Waals surface area contributed by atoms with Crippen LogP contribution in [0.4, 0.5) is 0 Å². The third kappa shape index (κ3) is 4.45. The average Bonchev–Trinajstić information content (AvgIpc) is 2.30. The quantitative estimate of drug-likeness (QED) is 0.792. The predicted molar refractivity (Wildman–Crippen MR) is 71.0 cm³/mol. The van der Waals surface area contributed by atoms with E-state index >= 15 is 0 Å². The van der Waals surface area contributed by atoms with Crippen LogP contribution in [0.5, 0.6) is 0 Å². The lowest BCUT2D eigenvalue weighted by Gasteiger charge is -2.17. The van der Waals surface area contributed by atoms with Crippen LogP contribution in [0, 0.1) is 0 Å². The first-order valence-electron chi connectivity index (χ1n) is 5.91. The Bertz CT molecular complexity index is 313. The fraction of sp³-hybridized carbons (Fsp3) is 0.538. The minimum atomic E-state index is -0.715. The Labute approximate surface area is 101 Å². The van der Waals surface area contributed by atoms with Crippen molar-refractivity contribution in [1.82, 2.24) is 5.32 Å². The molecule has 0 aliphatic carbocycles. The molecular formula is C13H21NOS. The Balaban J connectivity index is 2.64. The summed E-state index contributed by atoms with van der Waals surface area (Å²) in [6, 6.07) is 10.5. The fourth-order valence-electron chi connectivity index (χ4n) is 1.70. The Kier molecular flexibility index (Phi) is 6.34. The summed E-state index contributed by atoms with van der Waals surface area (Å²) in [5.41, 5.74) is 1.23. The lowest BCUT2D eigenvalue weighted by Crippen LogP contribution is -2.26. The summed E-state index contributed by atoms with van der Waals surface area (Å²) < 4.78 is 11.8. The summed E-state index contributed by atoms with van der Waals surface area (Å²) >= 11 is 0. The van der Waals surface area contributed by atoms with E-state index in [1.807, 2.05) is 18.2 Å². The van der Waals surface area contributed by atoms with Crippen LogP contribution >= 0.6 is 0 Å². The topological polar surface area (TPSA) is 29.1 Å². The van der Waals surface area contributed by atoms with Crippen molar-refractivity contribution in [3.05, 3.63) is 35.9 Å². The zero-order valence-electron chi connectivity index (χ0n) is 10.1. The normalized spacial score (nSPS) is 14.6. The maximum atomic E-state index is 11.8. The van der Waals surface area contributed by atoms with Gasteiger partial charge in [-0.05, 0) is 18.5 Å². The second-order valence-electron chi connectivity index (χ2n) is 3.83. The van der Waals surface area contributed by atoms with E-state index in [1.165, 1.54) is 5.56 Å². The smallest absolute Gasteiger partial charge is 0.0436 e. The zero-order chi connectivity index (χ0) is 11.8. The van der Waals surface area contributed by atoms with Crippen LogP contribution in [0.2, 0.25) is 0 Å². The van der Waals surface area contributed by atoms with E-state index in [4.69, 9.17) is 0 Å². The second-order valence-corrected chi connectivity index (χ2v) is 5.45. The lowest BCUT2D eigenvalue weighted by molar-refractivity contribution is 0.594. The van der Waals surface area contributed by atoms with Crippen LogP contribution in [0.1, 0.15) is 31.9 Å². The van der Waals surface area contributed by atoms with Crippen molar-refractivity contribution in [2.24, 2.45) is 0 Å². The first-order chi connectivity index (χ1) is 7.77. The van der Waals surface area contributed by atoms with E-state index in [2.05, 4.69) is 31.3 Å². The molecule has 1 N–H and O–H groups in total. The first-order valence-corrected chi connectivity index (χ1v) is 7.40. The molecule has 1 aromatic rings. The molecule has 0 aliphatic heterocycles. The zero-order valence-corrected chi connectivity index (χ0v) is 10.9. The standard InChI is InChI=1S/C13H21NOS/c1-3-10-16(15)11-13(14-4-2)12-8-6-5-7-9-12/h5-9,13-14H,3-4,10-11H2,1-2H3. The van der Waals surface area contributed by atoms with Crippen molar-refractivity contribution in [2.75, 3.05) is 18.1 Å². The van der Waals surface area contributed by atoms with Gasteiger partial charge in [0.25, 0.3) is 0 Å². The molecule has 0 aliphatic rings. The Morgan fingerprint density at radius 2 is 1.94 bits per heavy atom. The summed E-state index contributed by atoms with van der Waals surface area (Å²) in [6.07, 6.45) is 0.986. The molecule has 0 heterocycles. The highest BCUT2D eigenvalue weighted by Crippen LogP contribution is 2.13. The molecule has 2 unspecified atom stereocenters. The van der Waals surface area contributed by atoms with Gasteiger partial charge in [-0.1, -0.05) is 44.2 Å². The van der Waals surface area contributed by atoms with E-state index in [9.17, 15) is 4.21 Å². The molecule has 3 heteroatoms. The molecular weight excluding hydrogens is 218 g/mol. The van der Waals surface area contributed by atoms with Gasteiger partial charge in [-0.25, -0.2) is 0 Å². The van der Waals surface area contributed by atoms with Gasteiger partial charge in [0.2, 0.25) is 0 Å². The highest BCUT2D eigenvalue weighted by molar-refractivity contribution is 7.85. The van der Waals surface area contributed by atoms with Crippen LogP contribution in [-0.4, -0.2) is 22.3 Å². The van der Waals surface area contributed by atoms with Gasteiger partial charge in [0.05, 0.1) is 0 Å². The highest BCUT2D eigenvalue weighted by Gasteiger charge is 2.12. The number of hydrogen-bond acceptors (Lipinski definition) is 2. The van der Waals surface area contributed by atoms with Crippen LogP contribution in [0.3, 0.4) is 0 Å². The van der Waals surface area contributed by atoms with Crippen molar-refractivity contribution in [3.8, 4) is 0 Å². The number of benzene rings is 1. The second kappa shape index (κ2) is 7.58. The maximum absolute atomic E-state index is 11.8. The molecule has 1 aromatic carbocycles. The lowest BCUT2D eigenvalue weighted by atomic mass is 10.1. The van der Waals surface area contributed by atoms with Crippen LogP contribution in [0.25, 0.3) is 0 Å². The van der Waals surface area contributed by atoms with Crippen molar-refractivity contribution in [1.29, 1.82) is 0 Å². The molecule has 0 amide bonds. The molecule has 2 atom stereocenters.